The second-order valence-electron chi connectivity index (χ2n) is 5.00. The third-order valence-electron chi connectivity index (χ3n) is 3.07. The summed E-state index contributed by atoms with van der Waals surface area (Å²) in [5.74, 6) is 0. The van der Waals surface area contributed by atoms with Crippen LogP contribution >= 0.6 is 0 Å². The second kappa shape index (κ2) is 5.93. The standard InChI is InChI=1S/C13H20N2O3/c1-10(13(2,3)16)14-9-8-11-4-6-12(7-5-11)15(17)18/h4-7,10,14,16H,8-9H2,1-3H3. The van der Waals surface area contributed by atoms with Crippen LogP contribution < -0.4 is 5.32 Å². The second-order valence-corrected chi connectivity index (χ2v) is 5.00. The lowest BCUT2D eigenvalue weighted by atomic mass is 10.0. The first kappa shape index (κ1) is 14.6. The van der Waals surface area contributed by atoms with E-state index < -0.39 is 10.5 Å². The van der Waals surface area contributed by atoms with Crippen molar-refractivity contribution >= 4 is 5.69 Å². The van der Waals surface area contributed by atoms with Gasteiger partial charge in [-0.15, -0.1) is 0 Å². The van der Waals surface area contributed by atoms with Crippen LogP contribution in [0.25, 0.3) is 0 Å². The fraction of sp³-hybridized carbons (Fsp3) is 0.538. The number of nitrogens with zero attached hydrogens (tertiary/aromatic N) is 1. The lowest BCUT2D eigenvalue weighted by molar-refractivity contribution is -0.384. The highest BCUT2D eigenvalue weighted by atomic mass is 16.6. The Morgan fingerprint density at radius 1 is 1.39 bits per heavy atom. The maximum atomic E-state index is 10.5. The minimum atomic E-state index is -0.754. The van der Waals surface area contributed by atoms with E-state index in [-0.39, 0.29) is 11.7 Å². The molecule has 0 aliphatic heterocycles. The molecule has 1 rings (SSSR count). The van der Waals surface area contributed by atoms with Gasteiger partial charge in [-0.1, -0.05) is 12.1 Å². The average molecular weight is 252 g/mol. The average Bonchev–Trinajstić information content (AvgIpc) is 2.28. The molecular weight excluding hydrogens is 232 g/mol. The van der Waals surface area contributed by atoms with E-state index in [1.54, 1.807) is 26.0 Å². The Kier molecular flexibility index (Phi) is 4.81. The van der Waals surface area contributed by atoms with E-state index in [0.717, 1.165) is 18.5 Å². The van der Waals surface area contributed by atoms with Crippen molar-refractivity contribution < 1.29 is 10.0 Å². The Hall–Kier alpha value is -1.46. The van der Waals surface area contributed by atoms with Crippen molar-refractivity contribution in [2.75, 3.05) is 6.54 Å². The number of benzene rings is 1. The van der Waals surface area contributed by atoms with Crippen LogP contribution in [0.15, 0.2) is 24.3 Å². The molecule has 0 heterocycles. The molecule has 0 fully saturated rings. The molecule has 0 aliphatic carbocycles. The molecule has 5 nitrogen and oxygen atoms in total. The van der Waals surface area contributed by atoms with Crippen LogP contribution in [0.2, 0.25) is 0 Å². The third-order valence-corrected chi connectivity index (χ3v) is 3.07. The summed E-state index contributed by atoms with van der Waals surface area (Å²) < 4.78 is 0. The summed E-state index contributed by atoms with van der Waals surface area (Å²) in [7, 11) is 0. The number of nitro benzene ring substituents is 1. The van der Waals surface area contributed by atoms with Crippen molar-refractivity contribution in [2.45, 2.75) is 38.8 Å². The first-order valence-corrected chi connectivity index (χ1v) is 6.00. The Morgan fingerprint density at radius 3 is 2.39 bits per heavy atom. The molecule has 0 amide bonds. The van der Waals surface area contributed by atoms with E-state index in [0.29, 0.717) is 0 Å². The van der Waals surface area contributed by atoms with Gasteiger partial charge in [-0.2, -0.15) is 0 Å². The summed E-state index contributed by atoms with van der Waals surface area (Å²) in [6.07, 6.45) is 0.776. The van der Waals surface area contributed by atoms with Crippen molar-refractivity contribution in [1.82, 2.24) is 5.32 Å². The zero-order valence-electron chi connectivity index (χ0n) is 11.0. The molecule has 1 aromatic rings. The molecule has 100 valence electrons. The number of rotatable bonds is 6. The topological polar surface area (TPSA) is 75.4 Å². The van der Waals surface area contributed by atoms with Gasteiger partial charge in [0.1, 0.15) is 0 Å². The quantitative estimate of drug-likeness (QED) is 0.599. The molecule has 0 aromatic heterocycles. The summed E-state index contributed by atoms with van der Waals surface area (Å²) in [6, 6.07) is 6.53. The highest BCUT2D eigenvalue weighted by molar-refractivity contribution is 5.32. The number of hydrogen-bond donors (Lipinski definition) is 2. The van der Waals surface area contributed by atoms with E-state index in [1.807, 2.05) is 6.92 Å². The minimum Gasteiger partial charge on any atom is -0.389 e. The molecule has 1 atom stereocenters. The van der Waals surface area contributed by atoms with Gasteiger partial charge in [0.2, 0.25) is 0 Å². The largest absolute Gasteiger partial charge is 0.389 e. The fourth-order valence-corrected chi connectivity index (χ4v) is 1.47. The first-order valence-electron chi connectivity index (χ1n) is 6.00. The predicted molar refractivity (Wildman–Crippen MR) is 70.6 cm³/mol. The zero-order valence-corrected chi connectivity index (χ0v) is 11.0. The highest BCUT2D eigenvalue weighted by Gasteiger charge is 2.21. The highest BCUT2D eigenvalue weighted by Crippen LogP contribution is 2.12. The summed E-state index contributed by atoms with van der Waals surface area (Å²) in [6.45, 7) is 6.17. The van der Waals surface area contributed by atoms with E-state index in [4.69, 9.17) is 0 Å². The first-order chi connectivity index (χ1) is 8.30. The van der Waals surface area contributed by atoms with Crippen LogP contribution in [0, 0.1) is 10.1 Å². The van der Waals surface area contributed by atoms with Crippen molar-refractivity contribution in [2.24, 2.45) is 0 Å². The number of non-ortho nitro benzene ring substituents is 1. The molecule has 1 unspecified atom stereocenters. The summed E-state index contributed by atoms with van der Waals surface area (Å²) in [4.78, 5) is 10.1. The number of nitrogens with one attached hydrogen (secondary N) is 1. The van der Waals surface area contributed by atoms with Crippen LogP contribution in [-0.2, 0) is 6.42 Å². The summed E-state index contributed by atoms with van der Waals surface area (Å²) >= 11 is 0. The van der Waals surface area contributed by atoms with Gasteiger partial charge in [-0.25, -0.2) is 0 Å². The molecule has 5 heteroatoms. The van der Waals surface area contributed by atoms with Crippen molar-refractivity contribution in [3.05, 3.63) is 39.9 Å². The van der Waals surface area contributed by atoms with Crippen LogP contribution in [-0.4, -0.2) is 28.2 Å². The normalized spacial score (nSPS) is 13.3. The number of nitro groups is 1. The number of aliphatic hydroxyl groups is 1. The third kappa shape index (κ3) is 4.43. The molecule has 0 saturated heterocycles. The van der Waals surface area contributed by atoms with Gasteiger partial charge in [-0.3, -0.25) is 10.1 Å². The van der Waals surface area contributed by atoms with Gasteiger partial charge in [0, 0.05) is 18.2 Å². The van der Waals surface area contributed by atoms with Gasteiger partial charge in [0.25, 0.3) is 5.69 Å². The summed E-state index contributed by atoms with van der Waals surface area (Å²) in [5.41, 5.74) is 0.391. The number of hydrogen-bond acceptors (Lipinski definition) is 4. The van der Waals surface area contributed by atoms with E-state index in [2.05, 4.69) is 5.32 Å². The van der Waals surface area contributed by atoms with Crippen molar-refractivity contribution in [1.29, 1.82) is 0 Å². The minimum absolute atomic E-state index is 0.00412. The van der Waals surface area contributed by atoms with Crippen LogP contribution in [0.1, 0.15) is 26.3 Å². The van der Waals surface area contributed by atoms with E-state index in [1.165, 1.54) is 12.1 Å². The summed E-state index contributed by atoms with van der Waals surface area (Å²) in [5, 5.41) is 23.5. The Bertz CT molecular complexity index is 396. The lowest BCUT2D eigenvalue weighted by Gasteiger charge is -2.26. The fourth-order valence-electron chi connectivity index (χ4n) is 1.47. The predicted octanol–water partition coefficient (Wildman–Crippen LogP) is 1.89. The Labute approximate surface area is 107 Å². The smallest absolute Gasteiger partial charge is 0.269 e. The molecule has 0 bridgehead atoms. The molecule has 0 spiro atoms. The molecular formula is C13H20N2O3. The van der Waals surface area contributed by atoms with Crippen LogP contribution in [0.3, 0.4) is 0 Å². The SMILES string of the molecule is CC(NCCc1ccc([N+](=O)[O-])cc1)C(C)(C)O. The molecule has 18 heavy (non-hydrogen) atoms. The molecule has 0 saturated carbocycles. The van der Waals surface area contributed by atoms with Gasteiger partial charge in [0.15, 0.2) is 0 Å². The maximum absolute atomic E-state index is 10.5. The van der Waals surface area contributed by atoms with Gasteiger partial charge < -0.3 is 10.4 Å². The molecule has 0 aliphatic rings. The molecule has 0 radical (unpaired) electrons. The van der Waals surface area contributed by atoms with Crippen LogP contribution in [0.4, 0.5) is 5.69 Å². The van der Waals surface area contributed by atoms with Gasteiger partial charge in [0.05, 0.1) is 10.5 Å². The maximum Gasteiger partial charge on any atom is 0.269 e. The van der Waals surface area contributed by atoms with Crippen molar-refractivity contribution in [3.8, 4) is 0 Å². The van der Waals surface area contributed by atoms with Gasteiger partial charge in [-0.05, 0) is 39.3 Å². The Morgan fingerprint density at radius 2 is 1.94 bits per heavy atom. The lowest BCUT2D eigenvalue weighted by Crippen LogP contribution is -2.45. The molecule has 2 N–H and O–H groups in total. The van der Waals surface area contributed by atoms with Gasteiger partial charge >= 0.3 is 0 Å². The van der Waals surface area contributed by atoms with E-state index in [9.17, 15) is 15.2 Å². The van der Waals surface area contributed by atoms with Crippen LogP contribution in [0.5, 0.6) is 0 Å². The Balaban J connectivity index is 2.43. The van der Waals surface area contributed by atoms with E-state index >= 15 is 0 Å². The van der Waals surface area contributed by atoms with Crippen molar-refractivity contribution in [3.63, 3.8) is 0 Å². The molecule has 1 aromatic carbocycles. The monoisotopic (exact) mass is 252 g/mol. The zero-order chi connectivity index (χ0) is 13.8.